The fourth-order valence-electron chi connectivity index (χ4n) is 2.26. The van der Waals surface area contributed by atoms with Crippen LogP contribution in [0.3, 0.4) is 0 Å². The maximum Gasteiger partial charge on any atom is 0.122 e. The number of hydrogen-bond donors (Lipinski definition) is 1. The van der Waals surface area contributed by atoms with Gasteiger partial charge in [-0.25, -0.2) is 0 Å². The van der Waals surface area contributed by atoms with Gasteiger partial charge in [0, 0.05) is 6.42 Å². The quantitative estimate of drug-likeness (QED) is 0.763. The van der Waals surface area contributed by atoms with Gasteiger partial charge in [-0.2, -0.15) is 0 Å². The normalized spacial score (nSPS) is 18.2. The van der Waals surface area contributed by atoms with Crippen LogP contribution in [-0.4, -0.2) is 19.7 Å². The van der Waals surface area contributed by atoms with Gasteiger partial charge in [-0.05, 0) is 55.5 Å². The Morgan fingerprint density at radius 2 is 2.25 bits per heavy atom. The number of nitrogens with one attached hydrogen (secondary N) is 1. The number of fused-ring (bicyclic) bond motifs is 1. The van der Waals surface area contributed by atoms with E-state index in [-0.39, 0.29) is 0 Å². The van der Waals surface area contributed by atoms with E-state index < -0.39 is 0 Å². The van der Waals surface area contributed by atoms with E-state index in [0.29, 0.717) is 0 Å². The second-order valence-electron chi connectivity index (χ2n) is 4.94. The molecule has 3 rings (SSSR count). The van der Waals surface area contributed by atoms with E-state index in [1.54, 1.807) is 0 Å². The molecular formula is C14H19NO. The Morgan fingerprint density at radius 1 is 1.31 bits per heavy atom. The molecule has 1 aromatic carbocycles. The third kappa shape index (κ3) is 2.38. The summed E-state index contributed by atoms with van der Waals surface area (Å²) in [5.74, 6) is 2.07. The van der Waals surface area contributed by atoms with E-state index in [9.17, 15) is 0 Å². The van der Waals surface area contributed by atoms with Crippen LogP contribution in [0, 0.1) is 5.92 Å². The largest absolute Gasteiger partial charge is 0.493 e. The molecule has 2 aliphatic rings. The van der Waals surface area contributed by atoms with Crippen LogP contribution in [0.4, 0.5) is 0 Å². The van der Waals surface area contributed by atoms with Crippen molar-refractivity contribution in [2.45, 2.75) is 25.7 Å². The van der Waals surface area contributed by atoms with Crippen LogP contribution in [0.5, 0.6) is 5.75 Å². The van der Waals surface area contributed by atoms with Gasteiger partial charge in [-0.3, -0.25) is 0 Å². The Morgan fingerprint density at radius 3 is 3.12 bits per heavy atom. The van der Waals surface area contributed by atoms with E-state index >= 15 is 0 Å². The lowest BCUT2D eigenvalue weighted by Crippen LogP contribution is -2.19. The van der Waals surface area contributed by atoms with Crippen molar-refractivity contribution in [2.24, 2.45) is 5.92 Å². The van der Waals surface area contributed by atoms with Crippen LogP contribution in [0.25, 0.3) is 0 Å². The highest BCUT2D eigenvalue weighted by atomic mass is 16.5. The molecule has 1 aromatic rings. The second-order valence-corrected chi connectivity index (χ2v) is 4.94. The van der Waals surface area contributed by atoms with E-state index in [1.165, 1.54) is 30.5 Å². The summed E-state index contributed by atoms with van der Waals surface area (Å²) in [5, 5.41) is 3.53. The fraction of sp³-hybridized carbons (Fsp3) is 0.571. The Labute approximate surface area is 97.0 Å². The summed E-state index contributed by atoms with van der Waals surface area (Å²) < 4.78 is 5.50. The van der Waals surface area contributed by atoms with Crippen molar-refractivity contribution in [1.29, 1.82) is 0 Å². The minimum absolute atomic E-state index is 0.860. The molecule has 1 aliphatic heterocycles. The Balaban J connectivity index is 1.49. The third-order valence-electron chi connectivity index (χ3n) is 3.47. The van der Waals surface area contributed by atoms with Crippen LogP contribution in [0.1, 0.15) is 24.0 Å². The van der Waals surface area contributed by atoms with Gasteiger partial charge in [0.15, 0.2) is 0 Å². The Hall–Kier alpha value is -1.02. The Kier molecular flexibility index (Phi) is 2.83. The monoisotopic (exact) mass is 217 g/mol. The van der Waals surface area contributed by atoms with E-state index in [1.807, 2.05) is 0 Å². The third-order valence-corrected chi connectivity index (χ3v) is 3.47. The van der Waals surface area contributed by atoms with E-state index in [0.717, 1.165) is 37.7 Å². The molecule has 16 heavy (non-hydrogen) atoms. The van der Waals surface area contributed by atoms with Gasteiger partial charge in [0.2, 0.25) is 0 Å². The average molecular weight is 217 g/mol. The topological polar surface area (TPSA) is 21.3 Å². The lowest BCUT2D eigenvalue weighted by atomic mass is 10.1. The van der Waals surface area contributed by atoms with Crippen LogP contribution in [-0.2, 0) is 12.8 Å². The molecular weight excluding hydrogens is 198 g/mol. The highest BCUT2D eigenvalue weighted by Crippen LogP contribution is 2.28. The highest BCUT2D eigenvalue weighted by molar-refractivity contribution is 5.39. The van der Waals surface area contributed by atoms with Gasteiger partial charge < -0.3 is 10.1 Å². The maximum absolute atomic E-state index is 5.50. The van der Waals surface area contributed by atoms with Crippen molar-refractivity contribution in [3.63, 3.8) is 0 Å². The number of ether oxygens (including phenoxy) is 1. The molecule has 0 bridgehead atoms. The highest BCUT2D eigenvalue weighted by Gasteiger charge is 2.20. The summed E-state index contributed by atoms with van der Waals surface area (Å²) >= 11 is 0. The summed E-state index contributed by atoms with van der Waals surface area (Å²) in [6.07, 6.45) is 5.09. The molecule has 1 aliphatic carbocycles. The molecule has 0 radical (unpaired) electrons. The van der Waals surface area contributed by atoms with Gasteiger partial charge in [-0.15, -0.1) is 0 Å². The van der Waals surface area contributed by atoms with Crippen molar-refractivity contribution in [3.8, 4) is 5.75 Å². The van der Waals surface area contributed by atoms with Crippen LogP contribution in [0.2, 0.25) is 0 Å². The van der Waals surface area contributed by atoms with Gasteiger partial charge in [0.1, 0.15) is 5.75 Å². The first-order valence-corrected chi connectivity index (χ1v) is 6.37. The van der Waals surface area contributed by atoms with Crippen molar-refractivity contribution in [3.05, 3.63) is 29.3 Å². The average Bonchev–Trinajstić information content (AvgIpc) is 3.01. The first kappa shape index (κ1) is 10.2. The van der Waals surface area contributed by atoms with Gasteiger partial charge in [0.25, 0.3) is 0 Å². The summed E-state index contributed by atoms with van der Waals surface area (Å²) in [6, 6.07) is 6.63. The Bertz CT molecular complexity index is 371. The van der Waals surface area contributed by atoms with Crippen LogP contribution >= 0.6 is 0 Å². The second kappa shape index (κ2) is 4.46. The molecule has 0 atom stereocenters. The molecule has 1 N–H and O–H groups in total. The number of rotatable bonds is 5. The zero-order valence-electron chi connectivity index (χ0n) is 9.67. The first-order valence-electron chi connectivity index (χ1n) is 6.37. The van der Waals surface area contributed by atoms with Crippen LogP contribution in [0.15, 0.2) is 18.2 Å². The van der Waals surface area contributed by atoms with Gasteiger partial charge >= 0.3 is 0 Å². The molecule has 0 spiro atoms. The minimum Gasteiger partial charge on any atom is -0.493 e. The van der Waals surface area contributed by atoms with Crippen molar-refractivity contribution in [1.82, 2.24) is 5.32 Å². The van der Waals surface area contributed by atoms with E-state index in [4.69, 9.17) is 4.74 Å². The summed E-state index contributed by atoms with van der Waals surface area (Å²) in [5.41, 5.74) is 2.83. The minimum atomic E-state index is 0.860. The zero-order chi connectivity index (χ0) is 10.8. The molecule has 0 unspecified atom stereocenters. The van der Waals surface area contributed by atoms with Crippen LogP contribution < -0.4 is 10.1 Å². The van der Waals surface area contributed by atoms with Crippen molar-refractivity contribution < 1.29 is 4.74 Å². The molecule has 0 amide bonds. The molecule has 2 nitrogen and oxygen atoms in total. The summed E-state index contributed by atoms with van der Waals surface area (Å²) in [4.78, 5) is 0. The summed E-state index contributed by atoms with van der Waals surface area (Å²) in [6.45, 7) is 3.18. The SMILES string of the molecule is c1cc2c(cc1CCNCC1CC1)CCO2. The lowest BCUT2D eigenvalue weighted by Gasteiger charge is -2.05. The number of benzene rings is 1. The molecule has 0 aromatic heterocycles. The smallest absolute Gasteiger partial charge is 0.122 e. The van der Waals surface area contributed by atoms with Crippen molar-refractivity contribution >= 4 is 0 Å². The molecule has 1 saturated carbocycles. The van der Waals surface area contributed by atoms with Gasteiger partial charge in [0.05, 0.1) is 6.61 Å². The van der Waals surface area contributed by atoms with E-state index in [2.05, 4.69) is 23.5 Å². The predicted octanol–water partition coefficient (Wildman–Crippen LogP) is 2.16. The van der Waals surface area contributed by atoms with Crippen molar-refractivity contribution in [2.75, 3.05) is 19.7 Å². The molecule has 1 fully saturated rings. The van der Waals surface area contributed by atoms with Gasteiger partial charge in [-0.1, -0.05) is 12.1 Å². The zero-order valence-corrected chi connectivity index (χ0v) is 9.67. The molecule has 2 heteroatoms. The standard InChI is InChI=1S/C14H19NO/c1-2-12(1)10-15-7-5-11-3-4-14-13(9-11)6-8-16-14/h3-4,9,12,15H,1-2,5-8,10H2. The first-order chi connectivity index (χ1) is 7.92. The molecule has 0 saturated heterocycles. The molecule has 1 heterocycles. The summed E-state index contributed by atoms with van der Waals surface area (Å²) in [7, 11) is 0. The fourth-order valence-corrected chi connectivity index (χ4v) is 2.26. The molecule has 86 valence electrons. The number of hydrogen-bond acceptors (Lipinski definition) is 2. The maximum atomic E-state index is 5.50. The predicted molar refractivity (Wildman–Crippen MR) is 64.9 cm³/mol. The lowest BCUT2D eigenvalue weighted by molar-refractivity contribution is 0.357.